The Morgan fingerprint density at radius 1 is 1.22 bits per heavy atom. The Balaban J connectivity index is 1.73. The SMILES string of the molecule is CNCCC1(c2ccc3c(c2)OCO3)CCc2ncccc2C1. The Labute approximate surface area is 136 Å². The standard InChI is InChI=1S/C19H22N2O2/c1-20-10-8-19(7-6-16-14(12-19)3-2-9-21-16)15-4-5-17-18(11-15)23-13-22-17/h2-5,9,11,20H,6-8,10,12-13H2,1H3. The Morgan fingerprint density at radius 2 is 2.13 bits per heavy atom. The quantitative estimate of drug-likeness (QED) is 0.943. The summed E-state index contributed by atoms with van der Waals surface area (Å²) in [5.41, 5.74) is 4.13. The molecule has 2 aliphatic rings. The third kappa shape index (κ3) is 2.57. The van der Waals surface area contributed by atoms with Gasteiger partial charge in [-0.05, 0) is 68.6 Å². The van der Waals surface area contributed by atoms with Gasteiger partial charge in [0, 0.05) is 17.3 Å². The zero-order valence-corrected chi connectivity index (χ0v) is 13.5. The minimum absolute atomic E-state index is 0.139. The van der Waals surface area contributed by atoms with Gasteiger partial charge in [0.15, 0.2) is 11.5 Å². The zero-order valence-electron chi connectivity index (χ0n) is 13.5. The molecule has 2 heterocycles. The van der Waals surface area contributed by atoms with Gasteiger partial charge in [0.05, 0.1) is 0 Å². The fourth-order valence-corrected chi connectivity index (χ4v) is 3.86. The maximum absolute atomic E-state index is 5.60. The number of benzene rings is 1. The predicted octanol–water partition coefficient (Wildman–Crippen LogP) is 2.85. The van der Waals surface area contributed by atoms with Crippen molar-refractivity contribution >= 4 is 0 Å². The van der Waals surface area contributed by atoms with Crippen LogP contribution < -0.4 is 14.8 Å². The molecule has 1 aliphatic heterocycles. The van der Waals surface area contributed by atoms with E-state index in [0.717, 1.165) is 43.7 Å². The maximum Gasteiger partial charge on any atom is 0.231 e. The molecule has 4 rings (SSSR count). The van der Waals surface area contributed by atoms with E-state index in [4.69, 9.17) is 9.47 Å². The van der Waals surface area contributed by atoms with Gasteiger partial charge < -0.3 is 14.8 Å². The summed E-state index contributed by atoms with van der Waals surface area (Å²) in [6, 6.07) is 10.7. The van der Waals surface area contributed by atoms with Gasteiger partial charge in [0.25, 0.3) is 0 Å². The molecule has 1 aromatic carbocycles. The fraction of sp³-hybridized carbons (Fsp3) is 0.421. The van der Waals surface area contributed by atoms with Crippen LogP contribution in [0.1, 0.15) is 29.7 Å². The molecule has 0 radical (unpaired) electrons. The van der Waals surface area contributed by atoms with Gasteiger partial charge in [-0.15, -0.1) is 0 Å². The van der Waals surface area contributed by atoms with Crippen LogP contribution in [-0.2, 0) is 18.3 Å². The highest BCUT2D eigenvalue weighted by Gasteiger charge is 2.37. The van der Waals surface area contributed by atoms with E-state index in [1.165, 1.54) is 16.8 Å². The molecule has 0 spiro atoms. The summed E-state index contributed by atoms with van der Waals surface area (Å²) >= 11 is 0. The Kier molecular flexibility index (Phi) is 3.69. The first kappa shape index (κ1) is 14.5. The molecule has 0 bridgehead atoms. The van der Waals surface area contributed by atoms with E-state index in [9.17, 15) is 0 Å². The maximum atomic E-state index is 5.60. The molecule has 2 aromatic rings. The Morgan fingerprint density at radius 3 is 3.04 bits per heavy atom. The first-order valence-corrected chi connectivity index (χ1v) is 8.28. The number of nitrogens with one attached hydrogen (secondary N) is 1. The average molecular weight is 310 g/mol. The second kappa shape index (κ2) is 5.85. The van der Waals surface area contributed by atoms with Gasteiger partial charge in [0.2, 0.25) is 6.79 Å². The lowest BCUT2D eigenvalue weighted by Crippen LogP contribution is -2.36. The van der Waals surface area contributed by atoms with Gasteiger partial charge in [-0.2, -0.15) is 0 Å². The van der Waals surface area contributed by atoms with Crippen molar-refractivity contribution in [2.75, 3.05) is 20.4 Å². The van der Waals surface area contributed by atoms with Gasteiger partial charge in [0.1, 0.15) is 0 Å². The van der Waals surface area contributed by atoms with E-state index >= 15 is 0 Å². The van der Waals surface area contributed by atoms with Crippen LogP contribution in [0, 0.1) is 0 Å². The van der Waals surface area contributed by atoms with Crippen LogP contribution in [0.4, 0.5) is 0 Å². The lowest BCUT2D eigenvalue weighted by molar-refractivity contribution is 0.174. The second-order valence-corrected chi connectivity index (χ2v) is 6.49. The van der Waals surface area contributed by atoms with E-state index in [1.54, 1.807) is 0 Å². The largest absolute Gasteiger partial charge is 0.454 e. The van der Waals surface area contributed by atoms with Crippen molar-refractivity contribution < 1.29 is 9.47 Å². The van der Waals surface area contributed by atoms with Crippen molar-refractivity contribution in [2.24, 2.45) is 0 Å². The number of hydrogen-bond donors (Lipinski definition) is 1. The van der Waals surface area contributed by atoms with Crippen LogP contribution in [0.15, 0.2) is 36.5 Å². The highest BCUT2D eigenvalue weighted by atomic mass is 16.7. The topological polar surface area (TPSA) is 43.4 Å². The molecule has 0 amide bonds. The lowest BCUT2D eigenvalue weighted by Gasteiger charge is -2.38. The third-order valence-corrected chi connectivity index (χ3v) is 5.19. The number of aryl methyl sites for hydroxylation is 1. The number of pyridine rings is 1. The smallest absolute Gasteiger partial charge is 0.231 e. The molecule has 1 unspecified atom stereocenters. The fourth-order valence-electron chi connectivity index (χ4n) is 3.86. The monoisotopic (exact) mass is 310 g/mol. The van der Waals surface area contributed by atoms with Gasteiger partial charge in [-0.25, -0.2) is 0 Å². The van der Waals surface area contributed by atoms with Crippen LogP contribution in [0.25, 0.3) is 0 Å². The van der Waals surface area contributed by atoms with E-state index in [0.29, 0.717) is 6.79 Å². The van der Waals surface area contributed by atoms with E-state index in [2.05, 4.69) is 34.6 Å². The molecule has 0 saturated heterocycles. The third-order valence-electron chi connectivity index (χ3n) is 5.19. The van der Waals surface area contributed by atoms with Gasteiger partial charge >= 0.3 is 0 Å². The van der Waals surface area contributed by atoms with E-state index < -0.39 is 0 Å². The summed E-state index contributed by atoms with van der Waals surface area (Å²) in [4.78, 5) is 4.56. The molecule has 0 saturated carbocycles. The van der Waals surface area contributed by atoms with E-state index in [-0.39, 0.29) is 5.41 Å². The molecule has 1 aromatic heterocycles. The summed E-state index contributed by atoms with van der Waals surface area (Å²) in [6.07, 6.45) is 6.21. The van der Waals surface area contributed by atoms with Crippen LogP contribution in [0.5, 0.6) is 11.5 Å². The van der Waals surface area contributed by atoms with Crippen LogP contribution in [-0.4, -0.2) is 25.4 Å². The van der Waals surface area contributed by atoms with Crippen molar-refractivity contribution in [3.63, 3.8) is 0 Å². The summed E-state index contributed by atoms with van der Waals surface area (Å²) in [5.74, 6) is 1.73. The second-order valence-electron chi connectivity index (χ2n) is 6.49. The Bertz CT molecular complexity index is 716. The van der Waals surface area contributed by atoms with Crippen molar-refractivity contribution in [1.29, 1.82) is 0 Å². The molecule has 120 valence electrons. The number of nitrogens with zero attached hydrogens (tertiary/aromatic N) is 1. The summed E-state index contributed by atoms with van der Waals surface area (Å²) in [5, 5.41) is 3.31. The normalized spacial score (nSPS) is 22.0. The number of hydrogen-bond acceptors (Lipinski definition) is 4. The van der Waals surface area contributed by atoms with Crippen molar-refractivity contribution in [2.45, 2.75) is 31.1 Å². The summed E-state index contributed by atoms with van der Waals surface area (Å²) in [6.45, 7) is 1.33. The minimum atomic E-state index is 0.139. The zero-order chi connectivity index (χ0) is 15.7. The first-order chi connectivity index (χ1) is 11.3. The Hall–Kier alpha value is -2.07. The van der Waals surface area contributed by atoms with Crippen LogP contribution in [0.2, 0.25) is 0 Å². The summed E-state index contributed by atoms with van der Waals surface area (Å²) in [7, 11) is 2.02. The minimum Gasteiger partial charge on any atom is -0.454 e. The highest BCUT2D eigenvalue weighted by Crippen LogP contribution is 2.44. The first-order valence-electron chi connectivity index (χ1n) is 8.28. The number of fused-ring (bicyclic) bond motifs is 2. The number of aromatic nitrogens is 1. The van der Waals surface area contributed by atoms with E-state index in [1.807, 2.05) is 19.3 Å². The van der Waals surface area contributed by atoms with Crippen LogP contribution >= 0.6 is 0 Å². The lowest BCUT2D eigenvalue weighted by atomic mass is 9.66. The average Bonchev–Trinajstić information content (AvgIpc) is 3.07. The van der Waals surface area contributed by atoms with Crippen molar-refractivity contribution in [1.82, 2.24) is 10.3 Å². The molecule has 4 nitrogen and oxygen atoms in total. The van der Waals surface area contributed by atoms with Gasteiger partial charge in [-0.1, -0.05) is 12.1 Å². The molecule has 1 aliphatic carbocycles. The molecular weight excluding hydrogens is 288 g/mol. The highest BCUT2D eigenvalue weighted by molar-refractivity contribution is 5.48. The van der Waals surface area contributed by atoms with Crippen LogP contribution in [0.3, 0.4) is 0 Å². The molecule has 23 heavy (non-hydrogen) atoms. The molecule has 1 N–H and O–H groups in total. The number of rotatable bonds is 4. The summed E-state index contributed by atoms with van der Waals surface area (Å²) < 4.78 is 11.1. The molecule has 4 heteroatoms. The molecule has 0 fully saturated rings. The molecule has 1 atom stereocenters. The van der Waals surface area contributed by atoms with Gasteiger partial charge in [-0.3, -0.25) is 4.98 Å². The van der Waals surface area contributed by atoms with Crippen molar-refractivity contribution in [3.8, 4) is 11.5 Å². The molecular formula is C19H22N2O2. The predicted molar refractivity (Wildman–Crippen MR) is 89.0 cm³/mol. The van der Waals surface area contributed by atoms with Crippen molar-refractivity contribution in [3.05, 3.63) is 53.3 Å². The number of ether oxygens (including phenoxy) is 2.